The van der Waals surface area contributed by atoms with Crippen LogP contribution in [0.25, 0.3) is 0 Å². The molecule has 1 aliphatic heterocycles. The van der Waals surface area contributed by atoms with Crippen LogP contribution in [-0.4, -0.2) is 44.0 Å². The molecule has 7 heteroatoms. The summed E-state index contributed by atoms with van der Waals surface area (Å²) in [5.41, 5.74) is 0. The van der Waals surface area contributed by atoms with E-state index in [9.17, 15) is 8.42 Å². The molecule has 18 heavy (non-hydrogen) atoms. The maximum absolute atomic E-state index is 12.3. The lowest BCUT2D eigenvalue weighted by Crippen LogP contribution is -2.34. The zero-order valence-corrected chi connectivity index (χ0v) is 11.6. The van der Waals surface area contributed by atoms with Crippen LogP contribution in [0.3, 0.4) is 0 Å². The molecule has 1 unspecified atom stereocenters. The zero-order chi connectivity index (χ0) is 13.2. The molecule has 1 aliphatic rings. The minimum atomic E-state index is -3.60. The first kappa shape index (κ1) is 13.7. The number of pyridine rings is 1. The molecule has 0 saturated carbocycles. The van der Waals surface area contributed by atoms with Crippen molar-refractivity contribution in [3.05, 3.63) is 23.5 Å². The summed E-state index contributed by atoms with van der Waals surface area (Å²) in [5, 5.41) is -0.00306. The maximum Gasteiger partial charge on any atom is 0.245 e. The Bertz CT molecular complexity index is 515. The summed E-state index contributed by atoms with van der Waals surface area (Å²) >= 11 is 5.82. The van der Waals surface area contributed by atoms with Crippen molar-refractivity contribution in [3.8, 4) is 0 Å². The Kier molecular flexibility index (Phi) is 4.21. The van der Waals surface area contributed by atoms with Gasteiger partial charge in [-0.3, -0.25) is 0 Å². The minimum Gasteiger partial charge on any atom is -0.377 e. The van der Waals surface area contributed by atoms with Crippen LogP contribution in [0.2, 0.25) is 5.15 Å². The maximum atomic E-state index is 12.3. The van der Waals surface area contributed by atoms with E-state index in [1.54, 1.807) is 6.07 Å². The number of likely N-dealkylation sites (N-methyl/N-ethyl adjacent to an activating group) is 1. The van der Waals surface area contributed by atoms with Gasteiger partial charge in [0.1, 0.15) is 10.0 Å². The monoisotopic (exact) mass is 290 g/mol. The molecule has 2 rings (SSSR count). The Hall–Kier alpha value is -0.690. The Labute approximate surface area is 112 Å². The molecule has 1 aromatic heterocycles. The number of aromatic nitrogens is 1. The van der Waals surface area contributed by atoms with Crippen LogP contribution in [0.15, 0.2) is 23.2 Å². The van der Waals surface area contributed by atoms with Gasteiger partial charge in [0.2, 0.25) is 10.0 Å². The molecular formula is C11H15ClN2O3S. The van der Waals surface area contributed by atoms with Crippen LogP contribution in [0.4, 0.5) is 0 Å². The van der Waals surface area contributed by atoms with Crippen molar-refractivity contribution in [2.75, 3.05) is 20.2 Å². The molecule has 0 spiro atoms. The third-order valence-electron chi connectivity index (χ3n) is 2.90. The predicted octanol–water partition coefficient (Wildman–Crippen LogP) is 1.53. The molecular weight excluding hydrogens is 276 g/mol. The van der Waals surface area contributed by atoms with Gasteiger partial charge < -0.3 is 4.74 Å². The van der Waals surface area contributed by atoms with E-state index < -0.39 is 10.0 Å². The second-order valence-electron chi connectivity index (χ2n) is 4.21. The average molecular weight is 291 g/mol. The molecule has 2 heterocycles. The number of hydrogen-bond donors (Lipinski definition) is 0. The number of halogens is 1. The highest BCUT2D eigenvalue weighted by Gasteiger charge is 2.27. The summed E-state index contributed by atoms with van der Waals surface area (Å²) in [6, 6.07) is 3.01. The van der Waals surface area contributed by atoms with E-state index in [0.29, 0.717) is 13.2 Å². The SMILES string of the molecule is CN(CC1CCCO1)S(=O)(=O)c1cccnc1Cl. The Balaban J connectivity index is 2.17. The van der Waals surface area contributed by atoms with Crippen LogP contribution in [-0.2, 0) is 14.8 Å². The normalized spacial score (nSPS) is 20.5. The van der Waals surface area contributed by atoms with Crippen LogP contribution >= 0.6 is 11.6 Å². The standard InChI is InChI=1S/C11H15ClN2O3S/c1-14(8-9-4-3-7-17-9)18(15,16)10-5-2-6-13-11(10)12/h2,5-6,9H,3-4,7-8H2,1H3. The zero-order valence-electron chi connectivity index (χ0n) is 10.0. The fraction of sp³-hybridized carbons (Fsp3) is 0.545. The molecule has 0 aliphatic carbocycles. The molecule has 1 aromatic rings. The van der Waals surface area contributed by atoms with E-state index in [2.05, 4.69) is 4.98 Å². The van der Waals surface area contributed by atoms with Crippen molar-refractivity contribution < 1.29 is 13.2 Å². The first-order valence-corrected chi connectivity index (χ1v) is 7.52. The Morgan fingerprint density at radius 2 is 2.39 bits per heavy atom. The van der Waals surface area contributed by atoms with E-state index in [0.717, 1.165) is 12.8 Å². The van der Waals surface area contributed by atoms with E-state index in [-0.39, 0.29) is 16.2 Å². The van der Waals surface area contributed by atoms with Gasteiger partial charge in [0.05, 0.1) is 6.10 Å². The van der Waals surface area contributed by atoms with E-state index in [1.165, 1.54) is 23.6 Å². The van der Waals surface area contributed by atoms with E-state index >= 15 is 0 Å². The van der Waals surface area contributed by atoms with Gasteiger partial charge in [-0.05, 0) is 25.0 Å². The predicted molar refractivity (Wildman–Crippen MR) is 68.0 cm³/mol. The highest BCUT2D eigenvalue weighted by Crippen LogP contribution is 2.23. The molecule has 1 atom stereocenters. The second-order valence-corrected chi connectivity index (χ2v) is 6.58. The van der Waals surface area contributed by atoms with Gasteiger partial charge in [-0.1, -0.05) is 11.6 Å². The van der Waals surface area contributed by atoms with Gasteiger partial charge in [-0.15, -0.1) is 0 Å². The van der Waals surface area contributed by atoms with Crippen molar-refractivity contribution in [3.63, 3.8) is 0 Å². The van der Waals surface area contributed by atoms with Gasteiger partial charge in [0, 0.05) is 26.4 Å². The number of ether oxygens (including phenoxy) is 1. The fourth-order valence-corrected chi connectivity index (χ4v) is 3.53. The topological polar surface area (TPSA) is 59.5 Å². The highest BCUT2D eigenvalue weighted by molar-refractivity contribution is 7.89. The lowest BCUT2D eigenvalue weighted by molar-refractivity contribution is 0.0979. The molecule has 0 aromatic carbocycles. The average Bonchev–Trinajstić information content (AvgIpc) is 2.82. The van der Waals surface area contributed by atoms with Crippen LogP contribution < -0.4 is 0 Å². The van der Waals surface area contributed by atoms with Gasteiger partial charge in [0.15, 0.2) is 0 Å². The number of hydrogen-bond acceptors (Lipinski definition) is 4. The lowest BCUT2D eigenvalue weighted by Gasteiger charge is -2.20. The summed E-state index contributed by atoms with van der Waals surface area (Å²) in [7, 11) is -2.07. The number of nitrogens with zero attached hydrogens (tertiary/aromatic N) is 2. The van der Waals surface area contributed by atoms with Crippen LogP contribution in [0.1, 0.15) is 12.8 Å². The molecule has 1 saturated heterocycles. The van der Waals surface area contributed by atoms with E-state index in [4.69, 9.17) is 16.3 Å². The van der Waals surface area contributed by atoms with Crippen molar-refractivity contribution in [2.24, 2.45) is 0 Å². The van der Waals surface area contributed by atoms with Crippen molar-refractivity contribution >= 4 is 21.6 Å². The van der Waals surface area contributed by atoms with Crippen LogP contribution in [0, 0.1) is 0 Å². The third kappa shape index (κ3) is 2.83. The molecule has 0 N–H and O–H groups in total. The number of sulfonamides is 1. The van der Waals surface area contributed by atoms with Crippen molar-refractivity contribution in [2.45, 2.75) is 23.8 Å². The molecule has 5 nitrogen and oxygen atoms in total. The Morgan fingerprint density at radius 3 is 3.00 bits per heavy atom. The third-order valence-corrected chi connectivity index (χ3v) is 5.17. The molecule has 0 bridgehead atoms. The van der Waals surface area contributed by atoms with Crippen molar-refractivity contribution in [1.29, 1.82) is 0 Å². The summed E-state index contributed by atoms with van der Waals surface area (Å²) in [6.07, 6.45) is 3.30. The van der Waals surface area contributed by atoms with Gasteiger partial charge in [0.25, 0.3) is 0 Å². The van der Waals surface area contributed by atoms with Gasteiger partial charge in [-0.2, -0.15) is 4.31 Å². The van der Waals surface area contributed by atoms with Crippen LogP contribution in [0.5, 0.6) is 0 Å². The van der Waals surface area contributed by atoms with Crippen molar-refractivity contribution in [1.82, 2.24) is 9.29 Å². The largest absolute Gasteiger partial charge is 0.377 e. The number of rotatable bonds is 4. The molecule has 0 amide bonds. The summed E-state index contributed by atoms with van der Waals surface area (Å²) < 4.78 is 31.3. The fourth-order valence-electron chi connectivity index (χ4n) is 1.90. The Morgan fingerprint density at radius 1 is 1.61 bits per heavy atom. The quantitative estimate of drug-likeness (QED) is 0.789. The van der Waals surface area contributed by atoms with Gasteiger partial charge in [-0.25, -0.2) is 13.4 Å². The summed E-state index contributed by atoms with van der Waals surface area (Å²) in [4.78, 5) is 3.82. The van der Waals surface area contributed by atoms with E-state index in [1.807, 2.05) is 0 Å². The van der Waals surface area contributed by atoms with Gasteiger partial charge >= 0.3 is 0 Å². The lowest BCUT2D eigenvalue weighted by atomic mass is 10.2. The minimum absolute atomic E-state index is 0.00306. The second kappa shape index (κ2) is 5.52. The first-order chi connectivity index (χ1) is 8.51. The molecule has 0 radical (unpaired) electrons. The molecule has 1 fully saturated rings. The highest BCUT2D eigenvalue weighted by atomic mass is 35.5. The smallest absolute Gasteiger partial charge is 0.245 e. The first-order valence-electron chi connectivity index (χ1n) is 5.70. The summed E-state index contributed by atoms with van der Waals surface area (Å²) in [6.45, 7) is 1.04. The molecule has 100 valence electrons. The summed E-state index contributed by atoms with van der Waals surface area (Å²) in [5.74, 6) is 0.